The highest BCUT2D eigenvalue weighted by atomic mass is 16.5. The Morgan fingerprint density at radius 1 is 0.625 bits per heavy atom. The number of hydrogen-bond acceptors (Lipinski definition) is 4. The predicted molar refractivity (Wildman–Crippen MR) is 91.6 cm³/mol. The van der Waals surface area contributed by atoms with Gasteiger partial charge in [-0.15, -0.1) is 0 Å². The van der Waals surface area contributed by atoms with Crippen LogP contribution >= 0.6 is 0 Å². The molecule has 0 fully saturated rings. The average Bonchev–Trinajstić information content (AvgIpc) is 3.14. The van der Waals surface area contributed by atoms with Gasteiger partial charge < -0.3 is 4.74 Å². The lowest BCUT2D eigenvalue weighted by molar-refractivity contribution is 0.483. The van der Waals surface area contributed by atoms with Crippen LogP contribution in [0.15, 0.2) is 79.1 Å². The molecule has 0 bridgehead atoms. The standard InChI is InChI=1S/C19H14N4O/c1-2-4-16(5-3-1)24-17-8-6-14(7-9-17)18-19(22-23-21-18)15-10-12-20-13-11-15/h1-13H,(H,21,22,23). The Kier molecular flexibility index (Phi) is 3.73. The third-order valence-corrected chi connectivity index (χ3v) is 3.61. The van der Waals surface area contributed by atoms with E-state index >= 15 is 0 Å². The second-order valence-corrected chi connectivity index (χ2v) is 5.20. The van der Waals surface area contributed by atoms with Gasteiger partial charge in [0.05, 0.1) is 0 Å². The molecule has 0 atom stereocenters. The lowest BCUT2D eigenvalue weighted by atomic mass is 10.1. The van der Waals surface area contributed by atoms with Crippen molar-refractivity contribution < 1.29 is 4.74 Å². The molecule has 2 aromatic heterocycles. The summed E-state index contributed by atoms with van der Waals surface area (Å²) in [4.78, 5) is 4.03. The van der Waals surface area contributed by atoms with Gasteiger partial charge in [-0.2, -0.15) is 15.4 Å². The van der Waals surface area contributed by atoms with Crippen LogP contribution in [0.25, 0.3) is 22.5 Å². The van der Waals surface area contributed by atoms with Crippen LogP contribution < -0.4 is 4.74 Å². The molecular weight excluding hydrogens is 300 g/mol. The number of ether oxygens (including phenoxy) is 1. The maximum absolute atomic E-state index is 5.81. The second kappa shape index (κ2) is 6.34. The molecule has 24 heavy (non-hydrogen) atoms. The van der Waals surface area contributed by atoms with Gasteiger partial charge in [0.1, 0.15) is 22.9 Å². The fourth-order valence-corrected chi connectivity index (χ4v) is 2.45. The van der Waals surface area contributed by atoms with Gasteiger partial charge in [0.25, 0.3) is 0 Å². The summed E-state index contributed by atoms with van der Waals surface area (Å²) in [6.45, 7) is 0. The highest BCUT2D eigenvalue weighted by Crippen LogP contribution is 2.30. The van der Waals surface area contributed by atoms with E-state index in [-0.39, 0.29) is 0 Å². The quantitative estimate of drug-likeness (QED) is 0.609. The minimum absolute atomic E-state index is 0.777. The van der Waals surface area contributed by atoms with Crippen molar-refractivity contribution in [2.24, 2.45) is 0 Å². The van der Waals surface area contributed by atoms with E-state index in [1.165, 1.54) is 0 Å². The number of aromatic amines is 1. The summed E-state index contributed by atoms with van der Waals surface area (Å²) in [5, 5.41) is 11.2. The molecule has 4 aromatic rings. The molecule has 0 saturated heterocycles. The van der Waals surface area contributed by atoms with Crippen molar-refractivity contribution in [3.8, 4) is 34.0 Å². The van der Waals surface area contributed by atoms with Gasteiger partial charge in [-0.05, 0) is 48.5 Å². The third-order valence-electron chi connectivity index (χ3n) is 3.61. The summed E-state index contributed by atoms with van der Waals surface area (Å²) >= 11 is 0. The Labute approximate surface area is 139 Å². The Hall–Kier alpha value is -3.47. The fraction of sp³-hybridized carbons (Fsp3) is 0. The van der Waals surface area contributed by atoms with Crippen LogP contribution in [0.4, 0.5) is 0 Å². The van der Waals surface area contributed by atoms with Crippen molar-refractivity contribution in [1.29, 1.82) is 0 Å². The van der Waals surface area contributed by atoms with Crippen LogP contribution in [0.1, 0.15) is 0 Å². The Morgan fingerprint density at radius 3 is 1.88 bits per heavy atom. The van der Waals surface area contributed by atoms with Gasteiger partial charge in [-0.3, -0.25) is 4.98 Å². The molecule has 2 aromatic carbocycles. The SMILES string of the molecule is c1ccc(Oc2ccc(-c3n[nH]nc3-c3ccncc3)cc2)cc1. The van der Waals surface area contributed by atoms with E-state index in [1.54, 1.807) is 12.4 Å². The van der Waals surface area contributed by atoms with Crippen LogP contribution in [-0.4, -0.2) is 20.4 Å². The molecular formula is C19H14N4O. The zero-order valence-corrected chi connectivity index (χ0v) is 12.8. The number of aromatic nitrogens is 4. The lowest BCUT2D eigenvalue weighted by Crippen LogP contribution is -1.86. The minimum atomic E-state index is 0.777. The number of rotatable bonds is 4. The second-order valence-electron chi connectivity index (χ2n) is 5.20. The first-order valence-corrected chi connectivity index (χ1v) is 7.55. The van der Waals surface area contributed by atoms with Gasteiger partial charge in [0, 0.05) is 23.5 Å². The van der Waals surface area contributed by atoms with Crippen molar-refractivity contribution in [2.75, 3.05) is 0 Å². The van der Waals surface area contributed by atoms with Crippen molar-refractivity contribution in [2.45, 2.75) is 0 Å². The summed E-state index contributed by atoms with van der Waals surface area (Å²) in [6, 6.07) is 21.3. The topological polar surface area (TPSA) is 63.7 Å². The molecule has 0 radical (unpaired) electrons. The normalized spacial score (nSPS) is 10.5. The first-order valence-electron chi connectivity index (χ1n) is 7.55. The number of nitrogens with zero attached hydrogens (tertiary/aromatic N) is 3. The number of para-hydroxylation sites is 1. The molecule has 0 aliphatic carbocycles. The Bertz CT molecular complexity index is 919. The number of nitrogens with one attached hydrogen (secondary N) is 1. The average molecular weight is 314 g/mol. The number of H-pyrrole nitrogens is 1. The zero-order valence-electron chi connectivity index (χ0n) is 12.8. The molecule has 0 amide bonds. The highest BCUT2D eigenvalue weighted by Gasteiger charge is 2.12. The van der Waals surface area contributed by atoms with Crippen molar-refractivity contribution in [1.82, 2.24) is 20.4 Å². The van der Waals surface area contributed by atoms with Crippen molar-refractivity contribution in [3.63, 3.8) is 0 Å². The fourth-order valence-electron chi connectivity index (χ4n) is 2.45. The van der Waals surface area contributed by atoms with Gasteiger partial charge in [0.2, 0.25) is 0 Å². The van der Waals surface area contributed by atoms with Gasteiger partial charge in [-0.25, -0.2) is 0 Å². The van der Waals surface area contributed by atoms with Crippen LogP contribution in [0.5, 0.6) is 11.5 Å². The molecule has 0 aliphatic heterocycles. The van der Waals surface area contributed by atoms with Crippen LogP contribution in [0, 0.1) is 0 Å². The summed E-state index contributed by atoms with van der Waals surface area (Å²) in [6.07, 6.45) is 3.48. The van der Waals surface area contributed by atoms with E-state index in [1.807, 2.05) is 66.7 Å². The first kappa shape index (κ1) is 14.1. The van der Waals surface area contributed by atoms with E-state index in [2.05, 4.69) is 20.4 Å². The largest absolute Gasteiger partial charge is 0.457 e. The molecule has 4 rings (SSSR count). The highest BCUT2D eigenvalue weighted by molar-refractivity contribution is 5.77. The van der Waals surface area contributed by atoms with Gasteiger partial charge in [0.15, 0.2) is 0 Å². The van der Waals surface area contributed by atoms with Gasteiger partial charge in [-0.1, -0.05) is 18.2 Å². The van der Waals surface area contributed by atoms with Crippen molar-refractivity contribution in [3.05, 3.63) is 79.1 Å². The number of pyridine rings is 1. The summed E-state index contributed by atoms with van der Waals surface area (Å²) in [5.41, 5.74) is 3.54. The summed E-state index contributed by atoms with van der Waals surface area (Å²) < 4.78 is 5.81. The maximum Gasteiger partial charge on any atom is 0.127 e. The Morgan fingerprint density at radius 2 is 1.21 bits per heavy atom. The maximum atomic E-state index is 5.81. The third kappa shape index (κ3) is 2.87. The minimum Gasteiger partial charge on any atom is -0.457 e. The number of benzene rings is 2. The molecule has 0 saturated carbocycles. The Balaban J connectivity index is 1.61. The van der Waals surface area contributed by atoms with Crippen molar-refractivity contribution >= 4 is 0 Å². The van der Waals surface area contributed by atoms with Crippen LogP contribution in [-0.2, 0) is 0 Å². The molecule has 116 valence electrons. The molecule has 0 aliphatic rings. The monoisotopic (exact) mass is 314 g/mol. The smallest absolute Gasteiger partial charge is 0.127 e. The van der Waals surface area contributed by atoms with E-state index in [0.717, 1.165) is 34.0 Å². The summed E-state index contributed by atoms with van der Waals surface area (Å²) in [7, 11) is 0. The molecule has 5 nitrogen and oxygen atoms in total. The van der Waals surface area contributed by atoms with Gasteiger partial charge >= 0.3 is 0 Å². The molecule has 5 heteroatoms. The van der Waals surface area contributed by atoms with Crippen LogP contribution in [0.2, 0.25) is 0 Å². The number of hydrogen-bond donors (Lipinski definition) is 1. The van der Waals surface area contributed by atoms with E-state index in [9.17, 15) is 0 Å². The molecule has 0 spiro atoms. The van der Waals surface area contributed by atoms with Crippen LogP contribution in [0.3, 0.4) is 0 Å². The lowest BCUT2D eigenvalue weighted by Gasteiger charge is -2.06. The van der Waals surface area contributed by atoms with E-state index < -0.39 is 0 Å². The predicted octanol–water partition coefficient (Wildman–Crippen LogP) is 4.33. The van der Waals surface area contributed by atoms with E-state index in [0.29, 0.717) is 0 Å². The van der Waals surface area contributed by atoms with E-state index in [4.69, 9.17) is 4.74 Å². The molecule has 0 unspecified atom stereocenters. The first-order chi connectivity index (χ1) is 11.9. The summed E-state index contributed by atoms with van der Waals surface area (Å²) in [5.74, 6) is 1.59. The molecule has 2 heterocycles. The molecule has 1 N–H and O–H groups in total. The zero-order chi connectivity index (χ0) is 16.2.